The number of ether oxygens (including phenoxy) is 1. The fraction of sp³-hybridized carbons (Fsp3) is 1.00. The van der Waals surface area contributed by atoms with E-state index in [1.165, 1.54) is 25.9 Å². The van der Waals surface area contributed by atoms with Crippen molar-refractivity contribution in [2.45, 2.75) is 66.5 Å². The zero-order valence-electron chi connectivity index (χ0n) is 14.0. The Morgan fingerprint density at radius 3 is 2.16 bits per heavy atom. The summed E-state index contributed by atoms with van der Waals surface area (Å²) in [7, 11) is 0. The summed E-state index contributed by atoms with van der Waals surface area (Å²) in [4.78, 5) is 2.54. The molecule has 0 aromatic heterocycles. The summed E-state index contributed by atoms with van der Waals surface area (Å²) in [5.74, 6) is 0.726. The molecule has 0 radical (unpaired) electrons. The molecule has 1 saturated heterocycles. The van der Waals surface area contributed by atoms with Gasteiger partial charge in [0.25, 0.3) is 0 Å². The van der Waals surface area contributed by atoms with Crippen molar-refractivity contribution in [3.63, 3.8) is 0 Å². The fourth-order valence-corrected chi connectivity index (χ4v) is 2.25. The number of hydrogen-bond acceptors (Lipinski definition) is 3. The molecule has 1 aliphatic heterocycles. The highest BCUT2D eigenvalue weighted by Crippen LogP contribution is 2.15. The van der Waals surface area contributed by atoms with Crippen molar-refractivity contribution < 1.29 is 4.74 Å². The molecule has 0 atom stereocenters. The Hall–Kier alpha value is -0.120. The second-order valence-corrected chi connectivity index (χ2v) is 5.80. The van der Waals surface area contributed by atoms with Crippen molar-refractivity contribution in [3.8, 4) is 0 Å². The van der Waals surface area contributed by atoms with Gasteiger partial charge >= 0.3 is 0 Å². The van der Waals surface area contributed by atoms with Crippen LogP contribution in [0.1, 0.15) is 54.4 Å². The minimum atomic E-state index is 0.492. The van der Waals surface area contributed by atoms with Gasteiger partial charge < -0.3 is 15.0 Å². The molecule has 1 aliphatic rings. The van der Waals surface area contributed by atoms with E-state index in [1.807, 2.05) is 13.8 Å². The lowest BCUT2D eigenvalue weighted by Crippen LogP contribution is -2.41. The molecule has 19 heavy (non-hydrogen) atoms. The van der Waals surface area contributed by atoms with Crippen LogP contribution in [-0.4, -0.2) is 49.8 Å². The molecule has 3 nitrogen and oxygen atoms in total. The van der Waals surface area contributed by atoms with Crippen LogP contribution in [-0.2, 0) is 4.74 Å². The SMILES string of the molecule is CC.CC(C)CNCCOC1CCN(C(C)C)CC1. The van der Waals surface area contributed by atoms with Crippen molar-refractivity contribution in [2.75, 3.05) is 32.8 Å². The monoisotopic (exact) mass is 272 g/mol. The van der Waals surface area contributed by atoms with E-state index < -0.39 is 0 Å². The van der Waals surface area contributed by atoms with Crippen molar-refractivity contribution >= 4 is 0 Å². The minimum absolute atomic E-state index is 0.492. The summed E-state index contributed by atoms with van der Waals surface area (Å²) in [6, 6.07) is 0.684. The first kappa shape index (κ1) is 18.9. The topological polar surface area (TPSA) is 24.5 Å². The molecule has 0 spiro atoms. The summed E-state index contributed by atoms with van der Waals surface area (Å²) >= 11 is 0. The van der Waals surface area contributed by atoms with Gasteiger partial charge in [-0.25, -0.2) is 0 Å². The molecule has 0 bridgehead atoms. The molecule has 0 aliphatic carbocycles. The third-order valence-corrected chi connectivity index (χ3v) is 3.39. The number of nitrogens with one attached hydrogen (secondary N) is 1. The van der Waals surface area contributed by atoms with Crippen LogP contribution in [0.4, 0.5) is 0 Å². The van der Waals surface area contributed by atoms with Gasteiger partial charge in [0.15, 0.2) is 0 Å². The van der Waals surface area contributed by atoms with Crippen LogP contribution in [0.25, 0.3) is 0 Å². The highest BCUT2D eigenvalue weighted by Gasteiger charge is 2.20. The predicted octanol–water partition coefficient (Wildman–Crippen LogP) is 3.15. The first-order valence-corrected chi connectivity index (χ1v) is 8.16. The van der Waals surface area contributed by atoms with Crippen LogP contribution >= 0.6 is 0 Å². The first-order valence-electron chi connectivity index (χ1n) is 8.16. The van der Waals surface area contributed by atoms with Crippen LogP contribution < -0.4 is 5.32 Å². The quantitative estimate of drug-likeness (QED) is 0.721. The van der Waals surface area contributed by atoms with E-state index in [2.05, 4.69) is 37.9 Å². The van der Waals surface area contributed by atoms with E-state index in [4.69, 9.17) is 4.74 Å². The van der Waals surface area contributed by atoms with E-state index in [-0.39, 0.29) is 0 Å². The molecule has 0 aromatic carbocycles. The van der Waals surface area contributed by atoms with Gasteiger partial charge in [-0.1, -0.05) is 27.7 Å². The molecule has 116 valence electrons. The van der Waals surface area contributed by atoms with Crippen LogP contribution in [0.15, 0.2) is 0 Å². The molecule has 1 heterocycles. The Balaban J connectivity index is 0.00000154. The molecule has 0 unspecified atom stereocenters. The van der Waals surface area contributed by atoms with Crippen LogP contribution in [0.5, 0.6) is 0 Å². The van der Waals surface area contributed by atoms with Gasteiger partial charge in [0.1, 0.15) is 0 Å². The van der Waals surface area contributed by atoms with Crippen LogP contribution in [0, 0.1) is 5.92 Å². The average molecular weight is 272 g/mol. The third-order valence-electron chi connectivity index (χ3n) is 3.39. The number of rotatable bonds is 7. The van der Waals surface area contributed by atoms with Gasteiger partial charge in [-0.2, -0.15) is 0 Å². The zero-order valence-corrected chi connectivity index (χ0v) is 14.0. The predicted molar refractivity (Wildman–Crippen MR) is 84.7 cm³/mol. The van der Waals surface area contributed by atoms with Crippen LogP contribution in [0.3, 0.4) is 0 Å². The Kier molecular flexibility index (Phi) is 11.6. The Morgan fingerprint density at radius 2 is 1.68 bits per heavy atom. The summed E-state index contributed by atoms with van der Waals surface area (Å²) in [6.45, 7) is 18.3. The zero-order chi connectivity index (χ0) is 14.7. The number of piperidine rings is 1. The summed E-state index contributed by atoms with van der Waals surface area (Å²) in [5.41, 5.74) is 0. The van der Waals surface area contributed by atoms with Crippen LogP contribution in [0.2, 0.25) is 0 Å². The molecule has 0 aromatic rings. The number of nitrogens with zero attached hydrogens (tertiary/aromatic N) is 1. The molecule has 1 rings (SSSR count). The Labute approximate surface area is 121 Å². The molecular weight excluding hydrogens is 236 g/mol. The third kappa shape index (κ3) is 9.42. The van der Waals surface area contributed by atoms with E-state index in [1.54, 1.807) is 0 Å². The fourth-order valence-electron chi connectivity index (χ4n) is 2.25. The summed E-state index contributed by atoms with van der Waals surface area (Å²) in [6.07, 6.45) is 2.89. The number of hydrogen-bond donors (Lipinski definition) is 1. The lowest BCUT2D eigenvalue weighted by Gasteiger charge is -2.34. The van der Waals surface area contributed by atoms with E-state index in [0.29, 0.717) is 12.1 Å². The molecule has 0 saturated carbocycles. The van der Waals surface area contributed by atoms with Gasteiger partial charge in [-0.15, -0.1) is 0 Å². The van der Waals surface area contributed by atoms with Crippen molar-refractivity contribution in [3.05, 3.63) is 0 Å². The summed E-state index contributed by atoms with van der Waals surface area (Å²) < 4.78 is 5.90. The normalized spacial score (nSPS) is 17.7. The van der Waals surface area contributed by atoms with Crippen molar-refractivity contribution in [1.82, 2.24) is 10.2 Å². The van der Waals surface area contributed by atoms with Gasteiger partial charge in [0.05, 0.1) is 12.7 Å². The average Bonchev–Trinajstić information content (AvgIpc) is 2.41. The molecule has 0 amide bonds. The highest BCUT2D eigenvalue weighted by molar-refractivity contribution is 4.74. The van der Waals surface area contributed by atoms with Gasteiger partial charge in [0, 0.05) is 25.7 Å². The highest BCUT2D eigenvalue weighted by atomic mass is 16.5. The number of likely N-dealkylation sites (tertiary alicyclic amines) is 1. The van der Waals surface area contributed by atoms with Gasteiger partial charge in [-0.05, 0) is 39.2 Å². The smallest absolute Gasteiger partial charge is 0.0600 e. The summed E-state index contributed by atoms with van der Waals surface area (Å²) in [5, 5.41) is 3.42. The standard InChI is InChI=1S/C14H30N2O.C2H6/c1-12(2)11-15-7-10-17-14-5-8-16(9-6-14)13(3)4;1-2/h12-15H,5-11H2,1-4H3;1-2H3. The van der Waals surface area contributed by atoms with E-state index >= 15 is 0 Å². The largest absolute Gasteiger partial charge is 0.377 e. The Morgan fingerprint density at radius 1 is 1.11 bits per heavy atom. The minimum Gasteiger partial charge on any atom is -0.377 e. The van der Waals surface area contributed by atoms with Crippen molar-refractivity contribution in [1.29, 1.82) is 0 Å². The lowest BCUT2D eigenvalue weighted by molar-refractivity contribution is 0.00283. The maximum absolute atomic E-state index is 5.90. The first-order chi connectivity index (χ1) is 9.09. The maximum atomic E-state index is 5.90. The molecule has 3 heteroatoms. The van der Waals surface area contributed by atoms with Crippen molar-refractivity contribution in [2.24, 2.45) is 5.92 Å². The van der Waals surface area contributed by atoms with E-state index in [0.717, 1.165) is 25.6 Å². The second-order valence-electron chi connectivity index (χ2n) is 5.80. The molecule has 1 fully saturated rings. The van der Waals surface area contributed by atoms with E-state index in [9.17, 15) is 0 Å². The molecular formula is C16H36N2O. The maximum Gasteiger partial charge on any atom is 0.0600 e. The van der Waals surface area contributed by atoms with Gasteiger partial charge in [0.2, 0.25) is 0 Å². The Bertz CT molecular complexity index is 187. The van der Waals surface area contributed by atoms with Gasteiger partial charge in [-0.3, -0.25) is 0 Å². The lowest BCUT2D eigenvalue weighted by atomic mass is 10.1. The molecule has 1 N–H and O–H groups in total. The second kappa shape index (κ2) is 11.7.